The van der Waals surface area contributed by atoms with Crippen LogP contribution in [0.25, 0.3) is 5.57 Å². The molecule has 0 fully saturated rings. The number of methoxy groups -OCH3 is 1. The smallest absolute Gasteiger partial charge is 0.335 e. The molecule has 0 atom stereocenters. The first-order valence-corrected chi connectivity index (χ1v) is 4.90. The van der Waals surface area contributed by atoms with Gasteiger partial charge in [-0.2, -0.15) is 0 Å². The van der Waals surface area contributed by atoms with Crippen molar-refractivity contribution >= 4 is 34.1 Å². The Bertz CT molecular complexity index is 385. The Morgan fingerprint density at radius 2 is 2.21 bits per heavy atom. The summed E-state index contributed by atoms with van der Waals surface area (Å²) < 4.78 is 5.82. The lowest BCUT2D eigenvalue weighted by molar-refractivity contribution is -0.130. The molecule has 0 saturated carbocycles. The van der Waals surface area contributed by atoms with Gasteiger partial charge in [0.15, 0.2) is 0 Å². The molecule has 0 aromatic heterocycles. The zero-order valence-corrected chi connectivity index (χ0v) is 9.74. The SMILES string of the molecule is C=C(C(=O)O)c1ccc(OC)cc1I. The lowest BCUT2D eigenvalue weighted by Crippen LogP contribution is -2.00. The number of ether oxygens (including phenoxy) is 1. The Morgan fingerprint density at radius 1 is 1.57 bits per heavy atom. The topological polar surface area (TPSA) is 46.5 Å². The first-order chi connectivity index (χ1) is 6.56. The molecule has 1 aromatic rings. The Morgan fingerprint density at radius 3 is 2.64 bits per heavy atom. The summed E-state index contributed by atoms with van der Waals surface area (Å²) in [5.74, 6) is -0.301. The number of carbonyl (C=O) groups is 1. The Kier molecular flexibility index (Phi) is 3.51. The third-order valence-corrected chi connectivity index (χ3v) is 2.65. The van der Waals surface area contributed by atoms with Crippen LogP contribution in [0.5, 0.6) is 5.75 Å². The molecule has 0 bridgehead atoms. The van der Waals surface area contributed by atoms with Gasteiger partial charge in [0.1, 0.15) is 5.75 Å². The highest BCUT2D eigenvalue weighted by molar-refractivity contribution is 14.1. The predicted octanol–water partition coefficient (Wildman–Crippen LogP) is 2.40. The largest absolute Gasteiger partial charge is 0.497 e. The monoisotopic (exact) mass is 304 g/mol. The molecule has 0 aliphatic heterocycles. The normalized spacial score (nSPS) is 9.57. The minimum absolute atomic E-state index is 0.0945. The van der Waals surface area contributed by atoms with Crippen LogP contribution in [0.4, 0.5) is 0 Å². The van der Waals surface area contributed by atoms with E-state index in [-0.39, 0.29) is 5.57 Å². The number of rotatable bonds is 3. The van der Waals surface area contributed by atoms with E-state index >= 15 is 0 Å². The van der Waals surface area contributed by atoms with E-state index in [4.69, 9.17) is 9.84 Å². The summed E-state index contributed by atoms with van der Waals surface area (Å²) in [6, 6.07) is 5.17. The first-order valence-electron chi connectivity index (χ1n) is 3.82. The fourth-order valence-corrected chi connectivity index (χ4v) is 1.80. The van der Waals surface area contributed by atoms with Crippen LogP contribution in [-0.2, 0) is 4.79 Å². The highest BCUT2D eigenvalue weighted by Crippen LogP contribution is 2.24. The number of benzene rings is 1. The molecule has 74 valence electrons. The van der Waals surface area contributed by atoms with Crippen LogP contribution >= 0.6 is 22.6 Å². The van der Waals surface area contributed by atoms with Crippen molar-refractivity contribution in [1.29, 1.82) is 0 Å². The highest BCUT2D eigenvalue weighted by atomic mass is 127. The quantitative estimate of drug-likeness (QED) is 0.689. The van der Waals surface area contributed by atoms with Crippen LogP contribution in [0, 0.1) is 3.57 Å². The van der Waals surface area contributed by atoms with Crippen LogP contribution in [0.1, 0.15) is 5.56 Å². The van der Waals surface area contributed by atoms with E-state index < -0.39 is 5.97 Å². The molecule has 1 rings (SSSR count). The minimum atomic E-state index is -1.01. The van der Waals surface area contributed by atoms with Gasteiger partial charge in [-0.3, -0.25) is 0 Å². The van der Waals surface area contributed by atoms with Gasteiger partial charge >= 0.3 is 5.97 Å². The molecule has 0 aliphatic carbocycles. The average molecular weight is 304 g/mol. The van der Waals surface area contributed by atoms with E-state index in [1.807, 2.05) is 0 Å². The Balaban J connectivity index is 3.12. The van der Waals surface area contributed by atoms with Crippen LogP contribution in [0.3, 0.4) is 0 Å². The average Bonchev–Trinajstić information content (AvgIpc) is 2.16. The zero-order valence-electron chi connectivity index (χ0n) is 7.58. The lowest BCUT2D eigenvalue weighted by atomic mass is 10.1. The molecule has 1 N–H and O–H groups in total. The molecule has 3 nitrogen and oxygen atoms in total. The Hall–Kier alpha value is -1.04. The van der Waals surface area contributed by atoms with Crippen molar-refractivity contribution in [2.75, 3.05) is 7.11 Å². The summed E-state index contributed by atoms with van der Waals surface area (Å²) in [4.78, 5) is 10.7. The maximum absolute atomic E-state index is 10.7. The van der Waals surface area contributed by atoms with Crippen molar-refractivity contribution < 1.29 is 14.6 Å². The van der Waals surface area contributed by atoms with Gasteiger partial charge in [0.2, 0.25) is 0 Å². The van der Waals surface area contributed by atoms with Gasteiger partial charge in [-0.05, 0) is 40.8 Å². The molecule has 14 heavy (non-hydrogen) atoms. The fraction of sp³-hybridized carbons (Fsp3) is 0.100. The number of aliphatic carboxylic acids is 1. The Labute approximate surface area is 95.5 Å². The number of hydrogen-bond acceptors (Lipinski definition) is 2. The van der Waals surface area contributed by atoms with Crippen molar-refractivity contribution in [2.24, 2.45) is 0 Å². The summed E-state index contributed by atoms with van der Waals surface area (Å²) in [5.41, 5.74) is 0.718. The third-order valence-electron chi connectivity index (χ3n) is 1.76. The summed E-state index contributed by atoms with van der Waals surface area (Å²) in [5, 5.41) is 8.75. The maximum Gasteiger partial charge on any atom is 0.335 e. The van der Waals surface area contributed by atoms with Gasteiger partial charge in [-0.25, -0.2) is 4.79 Å². The molecular weight excluding hydrogens is 295 g/mol. The maximum atomic E-state index is 10.7. The van der Waals surface area contributed by atoms with Crippen molar-refractivity contribution in [2.45, 2.75) is 0 Å². The van der Waals surface area contributed by atoms with E-state index in [0.29, 0.717) is 11.3 Å². The summed E-state index contributed by atoms with van der Waals surface area (Å²) in [6.45, 7) is 3.50. The van der Waals surface area contributed by atoms with E-state index in [9.17, 15) is 4.79 Å². The zero-order chi connectivity index (χ0) is 10.7. The first kappa shape index (κ1) is 11.0. The second kappa shape index (κ2) is 4.45. The highest BCUT2D eigenvalue weighted by Gasteiger charge is 2.11. The molecule has 0 heterocycles. The van der Waals surface area contributed by atoms with Gasteiger partial charge in [0, 0.05) is 9.13 Å². The van der Waals surface area contributed by atoms with Crippen LogP contribution in [-0.4, -0.2) is 18.2 Å². The standard InChI is InChI=1S/C10H9IO3/c1-6(10(12)13)8-4-3-7(14-2)5-9(8)11/h3-5H,1H2,2H3,(H,12,13). The van der Waals surface area contributed by atoms with Crippen molar-refractivity contribution in [3.8, 4) is 5.75 Å². The van der Waals surface area contributed by atoms with E-state index in [1.54, 1.807) is 25.3 Å². The fourth-order valence-electron chi connectivity index (χ4n) is 0.983. The third kappa shape index (κ3) is 2.25. The van der Waals surface area contributed by atoms with Gasteiger partial charge < -0.3 is 9.84 Å². The second-order valence-electron chi connectivity index (χ2n) is 2.63. The van der Waals surface area contributed by atoms with Crippen molar-refractivity contribution in [1.82, 2.24) is 0 Å². The predicted molar refractivity (Wildman–Crippen MR) is 62.4 cm³/mol. The number of carboxylic acid groups (broad SMARTS) is 1. The second-order valence-corrected chi connectivity index (χ2v) is 3.79. The van der Waals surface area contributed by atoms with Crippen molar-refractivity contribution in [3.63, 3.8) is 0 Å². The summed E-state index contributed by atoms with van der Waals surface area (Å²) in [7, 11) is 1.57. The van der Waals surface area contributed by atoms with Gasteiger partial charge in [-0.1, -0.05) is 6.58 Å². The van der Waals surface area contributed by atoms with Gasteiger partial charge in [-0.15, -0.1) is 0 Å². The molecule has 4 heteroatoms. The molecule has 0 radical (unpaired) electrons. The number of halogens is 1. The number of hydrogen-bond donors (Lipinski definition) is 1. The van der Waals surface area contributed by atoms with Crippen molar-refractivity contribution in [3.05, 3.63) is 33.9 Å². The van der Waals surface area contributed by atoms with Crippen LogP contribution in [0.2, 0.25) is 0 Å². The van der Waals surface area contributed by atoms with Gasteiger partial charge in [0.05, 0.1) is 12.7 Å². The van der Waals surface area contributed by atoms with Crippen LogP contribution in [0.15, 0.2) is 24.8 Å². The molecule has 0 amide bonds. The molecule has 0 aliphatic rings. The molecule has 0 saturated heterocycles. The van der Waals surface area contributed by atoms with E-state index in [0.717, 1.165) is 3.57 Å². The lowest BCUT2D eigenvalue weighted by Gasteiger charge is -2.06. The van der Waals surface area contributed by atoms with Crippen LogP contribution < -0.4 is 4.74 Å². The minimum Gasteiger partial charge on any atom is -0.497 e. The molecule has 1 aromatic carbocycles. The summed E-state index contributed by atoms with van der Waals surface area (Å²) >= 11 is 2.05. The molecule has 0 spiro atoms. The van der Waals surface area contributed by atoms with E-state index in [1.165, 1.54) is 0 Å². The van der Waals surface area contributed by atoms with E-state index in [2.05, 4.69) is 29.2 Å². The molecular formula is C10H9IO3. The number of carboxylic acids is 1. The van der Waals surface area contributed by atoms with Gasteiger partial charge in [0.25, 0.3) is 0 Å². The summed E-state index contributed by atoms with van der Waals surface area (Å²) in [6.07, 6.45) is 0. The molecule has 0 unspecified atom stereocenters.